The van der Waals surface area contributed by atoms with Crippen LogP contribution < -0.4 is 0 Å². The third-order valence-corrected chi connectivity index (χ3v) is 2.93. The van der Waals surface area contributed by atoms with Crippen LogP contribution >= 0.6 is 0 Å². The Bertz CT molecular complexity index is 247. The molecule has 1 aliphatic rings. The highest BCUT2D eigenvalue weighted by molar-refractivity contribution is 5.79. The summed E-state index contributed by atoms with van der Waals surface area (Å²) < 4.78 is 5.51. The summed E-state index contributed by atoms with van der Waals surface area (Å²) >= 11 is 0. The summed E-state index contributed by atoms with van der Waals surface area (Å²) in [5.41, 5.74) is -0.842. The van der Waals surface area contributed by atoms with Gasteiger partial charge in [-0.25, -0.2) is 0 Å². The van der Waals surface area contributed by atoms with Crippen LogP contribution in [0.1, 0.15) is 33.6 Å². The zero-order valence-corrected chi connectivity index (χ0v) is 10.7. The van der Waals surface area contributed by atoms with Gasteiger partial charge in [0.1, 0.15) is 0 Å². The maximum absolute atomic E-state index is 12.1. The fraction of sp³-hybridized carbons (Fsp3) is 0.917. The quantitative estimate of drug-likeness (QED) is 0.783. The minimum atomic E-state index is -0.842. The fourth-order valence-electron chi connectivity index (χ4n) is 2.27. The van der Waals surface area contributed by atoms with Crippen LogP contribution in [0.5, 0.6) is 0 Å². The molecule has 0 aliphatic carbocycles. The van der Waals surface area contributed by atoms with Crippen molar-refractivity contribution in [3.63, 3.8) is 0 Å². The molecule has 0 bridgehead atoms. The molecule has 1 rings (SSSR count). The Balaban J connectivity index is 2.56. The van der Waals surface area contributed by atoms with Crippen molar-refractivity contribution in [2.75, 3.05) is 20.2 Å². The van der Waals surface area contributed by atoms with Crippen LogP contribution in [-0.4, -0.2) is 47.8 Å². The number of nitrogens with zero attached hydrogens (tertiary/aromatic N) is 1. The van der Waals surface area contributed by atoms with E-state index < -0.39 is 5.60 Å². The SMILES string of the molecule is CCC1OCCC1C(=O)N(C)CC(C)(C)O. The highest BCUT2D eigenvalue weighted by Crippen LogP contribution is 2.25. The summed E-state index contributed by atoms with van der Waals surface area (Å²) in [5.74, 6) is 0.0591. The summed E-state index contributed by atoms with van der Waals surface area (Å²) in [7, 11) is 1.74. The first-order valence-corrected chi connectivity index (χ1v) is 5.94. The molecule has 1 saturated heterocycles. The number of rotatable bonds is 4. The zero-order chi connectivity index (χ0) is 12.3. The molecule has 2 atom stereocenters. The van der Waals surface area contributed by atoms with E-state index in [2.05, 4.69) is 0 Å². The molecule has 0 aromatic heterocycles. The Morgan fingerprint density at radius 1 is 1.56 bits per heavy atom. The largest absolute Gasteiger partial charge is 0.389 e. The molecule has 0 spiro atoms. The molecule has 2 unspecified atom stereocenters. The Morgan fingerprint density at radius 2 is 2.19 bits per heavy atom. The van der Waals surface area contributed by atoms with Gasteiger partial charge in [0, 0.05) is 20.2 Å². The van der Waals surface area contributed by atoms with Gasteiger partial charge < -0.3 is 14.7 Å². The van der Waals surface area contributed by atoms with Crippen LogP contribution in [0, 0.1) is 5.92 Å². The third-order valence-electron chi connectivity index (χ3n) is 2.93. The zero-order valence-electron chi connectivity index (χ0n) is 10.7. The predicted molar refractivity (Wildman–Crippen MR) is 62.1 cm³/mol. The molecule has 1 amide bonds. The van der Waals surface area contributed by atoms with E-state index in [1.807, 2.05) is 6.92 Å². The molecule has 94 valence electrons. The van der Waals surface area contributed by atoms with E-state index in [1.54, 1.807) is 25.8 Å². The summed E-state index contributed by atoms with van der Waals surface area (Å²) in [6, 6.07) is 0. The van der Waals surface area contributed by atoms with Crippen LogP contribution in [0.25, 0.3) is 0 Å². The molecule has 0 aromatic rings. The molecule has 1 fully saturated rings. The monoisotopic (exact) mass is 229 g/mol. The molecule has 0 radical (unpaired) electrons. The van der Waals surface area contributed by atoms with E-state index in [9.17, 15) is 9.90 Å². The van der Waals surface area contributed by atoms with Gasteiger partial charge in [-0.1, -0.05) is 6.92 Å². The summed E-state index contributed by atoms with van der Waals surface area (Å²) in [6.07, 6.45) is 1.72. The first-order valence-electron chi connectivity index (χ1n) is 5.94. The van der Waals surface area contributed by atoms with Gasteiger partial charge in [-0.15, -0.1) is 0 Å². The van der Waals surface area contributed by atoms with Gasteiger partial charge in [-0.2, -0.15) is 0 Å². The van der Waals surface area contributed by atoms with Crippen molar-refractivity contribution in [2.24, 2.45) is 5.92 Å². The number of carbonyl (C=O) groups is 1. The first kappa shape index (κ1) is 13.5. The lowest BCUT2D eigenvalue weighted by Gasteiger charge is -2.28. The number of amides is 1. The smallest absolute Gasteiger partial charge is 0.228 e. The Morgan fingerprint density at radius 3 is 2.69 bits per heavy atom. The Kier molecular flexibility index (Phi) is 4.33. The molecule has 4 nitrogen and oxygen atoms in total. The second-order valence-corrected chi connectivity index (χ2v) is 5.22. The molecule has 4 heteroatoms. The average Bonchev–Trinajstić information content (AvgIpc) is 2.61. The minimum absolute atomic E-state index is 0.0302. The standard InChI is InChI=1S/C12H23NO3/c1-5-10-9(6-7-16-10)11(14)13(4)8-12(2,3)15/h9-10,15H,5-8H2,1-4H3. The van der Waals surface area contributed by atoms with Gasteiger partial charge in [0.15, 0.2) is 0 Å². The molecule has 16 heavy (non-hydrogen) atoms. The van der Waals surface area contributed by atoms with Gasteiger partial charge in [0.2, 0.25) is 5.91 Å². The van der Waals surface area contributed by atoms with Crippen molar-refractivity contribution in [3.8, 4) is 0 Å². The Labute approximate surface area is 97.6 Å². The minimum Gasteiger partial charge on any atom is -0.389 e. The van der Waals surface area contributed by atoms with Crippen LogP contribution in [0.15, 0.2) is 0 Å². The fourth-order valence-corrected chi connectivity index (χ4v) is 2.27. The summed E-state index contributed by atoms with van der Waals surface area (Å²) in [6.45, 7) is 6.48. The lowest BCUT2D eigenvalue weighted by atomic mass is 9.97. The number of carbonyl (C=O) groups excluding carboxylic acids is 1. The molecular formula is C12H23NO3. The lowest BCUT2D eigenvalue weighted by Crippen LogP contribution is -2.44. The predicted octanol–water partition coefficient (Wildman–Crippen LogP) is 1.03. The molecule has 0 saturated carbocycles. The third kappa shape index (κ3) is 3.46. The molecular weight excluding hydrogens is 206 g/mol. The summed E-state index contributed by atoms with van der Waals surface area (Å²) in [5, 5.41) is 9.68. The average molecular weight is 229 g/mol. The van der Waals surface area contributed by atoms with Crippen molar-refractivity contribution < 1.29 is 14.6 Å². The van der Waals surface area contributed by atoms with Crippen LogP contribution in [0.4, 0.5) is 0 Å². The van der Waals surface area contributed by atoms with Crippen LogP contribution in [-0.2, 0) is 9.53 Å². The molecule has 1 heterocycles. The maximum atomic E-state index is 12.1. The second kappa shape index (κ2) is 5.15. The van der Waals surface area contributed by atoms with Crippen molar-refractivity contribution in [1.29, 1.82) is 0 Å². The number of ether oxygens (including phenoxy) is 1. The molecule has 1 N–H and O–H groups in total. The topological polar surface area (TPSA) is 49.8 Å². The number of hydrogen-bond donors (Lipinski definition) is 1. The van der Waals surface area contributed by atoms with E-state index in [-0.39, 0.29) is 17.9 Å². The van der Waals surface area contributed by atoms with Gasteiger partial charge in [-0.05, 0) is 26.7 Å². The highest BCUT2D eigenvalue weighted by Gasteiger charge is 2.35. The van der Waals surface area contributed by atoms with E-state index in [0.29, 0.717) is 13.2 Å². The van der Waals surface area contributed by atoms with Crippen LogP contribution in [0.3, 0.4) is 0 Å². The van der Waals surface area contributed by atoms with Crippen molar-refractivity contribution >= 4 is 5.91 Å². The summed E-state index contributed by atoms with van der Waals surface area (Å²) in [4.78, 5) is 13.7. The number of hydrogen-bond acceptors (Lipinski definition) is 3. The maximum Gasteiger partial charge on any atom is 0.228 e. The van der Waals surface area contributed by atoms with Gasteiger partial charge >= 0.3 is 0 Å². The molecule has 0 aromatic carbocycles. The van der Waals surface area contributed by atoms with Crippen LogP contribution in [0.2, 0.25) is 0 Å². The first-order chi connectivity index (χ1) is 7.35. The lowest BCUT2D eigenvalue weighted by molar-refractivity contribution is -0.138. The van der Waals surface area contributed by atoms with Crippen molar-refractivity contribution in [1.82, 2.24) is 4.90 Å². The molecule has 1 aliphatic heterocycles. The Hall–Kier alpha value is -0.610. The van der Waals surface area contributed by atoms with Crippen molar-refractivity contribution in [3.05, 3.63) is 0 Å². The highest BCUT2D eigenvalue weighted by atomic mass is 16.5. The van der Waals surface area contributed by atoms with E-state index >= 15 is 0 Å². The van der Waals surface area contributed by atoms with Gasteiger partial charge in [0.05, 0.1) is 17.6 Å². The normalized spacial score (nSPS) is 25.8. The van der Waals surface area contributed by atoms with E-state index in [0.717, 1.165) is 12.8 Å². The van der Waals surface area contributed by atoms with Crippen molar-refractivity contribution in [2.45, 2.75) is 45.3 Å². The van der Waals surface area contributed by atoms with Gasteiger partial charge in [0.25, 0.3) is 0 Å². The van der Waals surface area contributed by atoms with E-state index in [4.69, 9.17) is 4.74 Å². The number of likely N-dealkylation sites (N-methyl/N-ethyl adjacent to an activating group) is 1. The van der Waals surface area contributed by atoms with Gasteiger partial charge in [-0.3, -0.25) is 4.79 Å². The number of aliphatic hydroxyl groups is 1. The van der Waals surface area contributed by atoms with E-state index in [1.165, 1.54) is 0 Å². The second-order valence-electron chi connectivity index (χ2n) is 5.22.